The Bertz CT molecular complexity index is 687. The van der Waals surface area contributed by atoms with Crippen molar-refractivity contribution in [3.63, 3.8) is 0 Å². The number of carbonyl (C=O) groups excluding carboxylic acids is 1. The highest BCUT2D eigenvalue weighted by molar-refractivity contribution is 5.89. The molecule has 0 saturated heterocycles. The number of amides is 2. The topological polar surface area (TPSA) is 44.4 Å². The van der Waals surface area contributed by atoms with E-state index < -0.39 is 17.8 Å². The fraction of sp³-hybridized carbons (Fsp3) is 0.316. The van der Waals surface area contributed by atoms with Crippen molar-refractivity contribution in [2.45, 2.75) is 19.1 Å². The number of alkyl halides is 3. The van der Waals surface area contributed by atoms with E-state index in [0.29, 0.717) is 12.2 Å². The largest absolute Gasteiger partial charge is 0.416 e. The molecule has 2 N–H and O–H groups in total. The van der Waals surface area contributed by atoms with Gasteiger partial charge in [0.1, 0.15) is 0 Å². The third-order valence-electron chi connectivity index (χ3n) is 3.77. The summed E-state index contributed by atoms with van der Waals surface area (Å²) in [5.41, 5.74) is 0.796. The van der Waals surface area contributed by atoms with Crippen molar-refractivity contribution in [2.24, 2.45) is 0 Å². The summed E-state index contributed by atoms with van der Waals surface area (Å²) in [6, 6.07) is 14.0. The van der Waals surface area contributed by atoms with Crippen LogP contribution in [-0.4, -0.2) is 31.1 Å². The molecular weight excluding hydrogens is 343 g/mol. The molecule has 0 fully saturated rings. The number of urea groups is 1. The van der Waals surface area contributed by atoms with E-state index in [1.54, 1.807) is 0 Å². The van der Waals surface area contributed by atoms with Crippen LogP contribution in [0.2, 0.25) is 0 Å². The van der Waals surface area contributed by atoms with Crippen LogP contribution >= 0.6 is 0 Å². The zero-order chi connectivity index (χ0) is 19.0. The van der Waals surface area contributed by atoms with Crippen LogP contribution in [0.5, 0.6) is 0 Å². The van der Waals surface area contributed by atoms with Gasteiger partial charge in [-0.25, -0.2) is 4.79 Å². The second-order valence-corrected chi connectivity index (χ2v) is 6.03. The van der Waals surface area contributed by atoms with Crippen LogP contribution in [0.3, 0.4) is 0 Å². The van der Waals surface area contributed by atoms with Gasteiger partial charge in [-0.1, -0.05) is 30.3 Å². The van der Waals surface area contributed by atoms with Crippen molar-refractivity contribution in [1.82, 2.24) is 10.2 Å². The van der Waals surface area contributed by atoms with Crippen molar-refractivity contribution >= 4 is 11.7 Å². The molecule has 4 nitrogen and oxygen atoms in total. The minimum absolute atomic E-state index is 0.316. The number of hydrogen-bond acceptors (Lipinski definition) is 2. The van der Waals surface area contributed by atoms with Gasteiger partial charge in [-0.2, -0.15) is 13.2 Å². The molecule has 2 amide bonds. The van der Waals surface area contributed by atoms with Crippen LogP contribution in [0.15, 0.2) is 54.6 Å². The van der Waals surface area contributed by atoms with Gasteiger partial charge in [0.2, 0.25) is 0 Å². The normalized spacial score (nSPS) is 11.4. The van der Waals surface area contributed by atoms with Crippen LogP contribution in [-0.2, 0) is 12.7 Å². The highest BCUT2D eigenvalue weighted by Gasteiger charge is 2.29. The summed E-state index contributed by atoms with van der Waals surface area (Å²) in [6.07, 6.45) is -3.61. The lowest BCUT2D eigenvalue weighted by molar-refractivity contribution is -0.137. The predicted molar refractivity (Wildman–Crippen MR) is 95.9 cm³/mol. The summed E-state index contributed by atoms with van der Waals surface area (Å²) in [5, 5.41) is 5.21. The number of benzene rings is 2. The number of hydrogen-bond donors (Lipinski definition) is 2. The molecule has 0 aromatic heterocycles. The molecule has 0 spiro atoms. The van der Waals surface area contributed by atoms with Gasteiger partial charge in [0.15, 0.2) is 0 Å². The Morgan fingerprint density at radius 1 is 1.04 bits per heavy atom. The van der Waals surface area contributed by atoms with Gasteiger partial charge in [-0.05, 0) is 49.8 Å². The van der Waals surface area contributed by atoms with Gasteiger partial charge in [0.05, 0.1) is 5.56 Å². The van der Waals surface area contributed by atoms with Crippen molar-refractivity contribution in [1.29, 1.82) is 0 Å². The van der Waals surface area contributed by atoms with E-state index in [4.69, 9.17) is 0 Å². The Hall–Kier alpha value is -2.54. The molecule has 2 aromatic carbocycles. The smallest absolute Gasteiger partial charge is 0.338 e. The van der Waals surface area contributed by atoms with E-state index in [1.165, 1.54) is 17.7 Å². The summed E-state index contributed by atoms with van der Waals surface area (Å²) < 4.78 is 37.5. The molecule has 0 heterocycles. The Labute approximate surface area is 151 Å². The molecule has 0 saturated carbocycles. The minimum atomic E-state index is -4.38. The van der Waals surface area contributed by atoms with Gasteiger partial charge in [0.25, 0.3) is 0 Å². The number of anilines is 1. The van der Waals surface area contributed by atoms with Crippen molar-refractivity contribution in [3.8, 4) is 0 Å². The van der Waals surface area contributed by atoms with Crippen molar-refractivity contribution in [2.75, 3.05) is 25.5 Å². The van der Waals surface area contributed by atoms with Crippen molar-refractivity contribution in [3.05, 3.63) is 65.7 Å². The molecule has 0 aliphatic rings. The summed E-state index contributed by atoms with van der Waals surface area (Å²) in [4.78, 5) is 13.9. The van der Waals surface area contributed by atoms with E-state index in [0.717, 1.165) is 31.6 Å². The number of nitrogens with zero attached hydrogens (tertiary/aromatic N) is 1. The van der Waals surface area contributed by atoms with Crippen LogP contribution in [0.25, 0.3) is 0 Å². The quantitative estimate of drug-likeness (QED) is 0.717. The molecule has 0 radical (unpaired) electrons. The summed E-state index contributed by atoms with van der Waals surface area (Å²) >= 11 is 0. The summed E-state index contributed by atoms with van der Waals surface area (Å²) in [5.74, 6) is 0. The maximum absolute atomic E-state index is 12.5. The number of nitrogens with one attached hydrogen (secondary N) is 2. The fourth-order valence-electron chi connectivity index (χ4n) is 2.44. The molecule has 2 rings (SSSR count). The van der Waals surface area contributed by atoms with E-state index in [9.17, 15) is 18.0 Å². The Kier molecular flexibility index (Phi) is 7.03. The van der Waals surface area contributed by atoms with Gasteiger partial charge < -0.3 is 15.5 Å². The van der Waals surface area contributed by atoms with Crippen molar-refractivity contribution < 1.29 is 18.0 Å². The molecule has 7 heteroatoms. The molecule has 0 aliphatic heterocycles. The van der Waals surface area contributed by atoms with Gasteiger partial charge in [-0.3, -0.25) is 0 Å². The SMILES string of the molecule is CN(CCCNC(=O)Nc1ccc(C(F)(F)F)cc1)Cc1ccccc1. The minimum Gasteiger partial charge on any atom is -0.338 e. The first kappa shape index (κ1) is 19.8. The molecular formula is C19H22F3N3O. The average molecular weight is 365 g/mol. The highest BCUT2D eigenvalue weighted by atomic mass is 19.4. The third kappa shape index (κ3) is 6.76. The second-order valence-electron chi connectivity index (χ2n) is 6.03. The van der Waals surface area contributed by atoms with Gasteiger partial charge >= 0.3 is 12.2 Å². The lowest BCUT2D eigenvalue weighted by atomic mass is 10.2. The zero-order valence-electron chi connectivity index (χ0n) is 14.5. The molecule has 2 aromatic rings. The molecule has 26 heavy (non-hydrogen) atoms. The van der Waals surface area contributed by atoms with E-state index in [-0.39, 0.29) is 0 Å². The van der Waals surface area contributed by atoms with E-state index in [1.807, 2.05) is 25.2 Å². The predicted octanol–water partition coefficient (Wildman–Crippen LogP) is 4.35. The van der Waals surface area contributed by atoms with Crippen LogP contribution in [0, 0.1) is 0 Å². The number of carbonyl (C=O) groups is 1. The first-order chi connectivity index (χ1) is 12.3. The van der Waals surface area contributed by atoms with E-state index >= 15 is 0 Å². The maximum Gasteiger partial charge on any atom is 0.416 e. The number of rotatable bonds is 7. The lowest BCUT2D eigenvalue weighted by Gasteiger charge is -2.17. The summed E-state index contributed by atoms with van der Waals surface area (Å²) in [7, 11) is 2.01. The Balaban J connectivity index is 1.66. The van der Waals surface area contributed by atoms with Gasteiger partial charge in [-0.15, -0.1) is 0 Å². The Morgan fingerprint density at radius 3 is 2.31 bits per heavy atom. The average Bonchev–Trinajstić information content (AvgIpc) is 2.59. The van der Waals surface area contributed by atoms with Crippen LogP contribution < -0.4 is 10.6 Å². The maximum atomic E-state index is 12.5. The van der Waals surface area contributed by atoms with Crippen LogP contribution in [0.1, 0.15) is 17.5 Å². The third-order valence-corrected chi connectivity index (χ3v) is 3.77. The highest BCUT2D eigenvalue weighted by Crippen LogP contribution is 2.29. The second kappa shape index (κ2) is 9.24. The lowest BCUT2D eigenvalue weighted by Crippen LogP contribution is -2.31. The van der Waals surface area contributed by atoms with Gasteiger partial charge in [0, 0.05) is 18.8 Å². The molecule has 0 aliphatic carbocycles. The first-order valence-electron chi connectivity index (χ1n) is 8.29. The molecule has 0 unspecified atom stereocenters. The van der Waals surface area contributed by atoms with E-state index in [2.05, 4.69) is 27.7 Å². The first-order valence-corrected chi connectivity index (χ1v) is 8.29. The summed E-state index contributed by atoms with van der Waals surface area (Å²) in [6.45, 7) is 2.12. The molecule has 0 bridgehead atoms. The fourth-order valence-corrected chi connectivity index (χ4v) is 2.44. The molecule has 0 atom stereocenters. The Morgan fingerprint density at radius 2 is 1.69 bits per heavy atom. The monoisotopic (exact) mass is 365 g/mol. The zero-order valence-corrected chi connectivity index (χ0v) is 14.5. The number of halogens is 3. The van der Waals surface area contributed by atoms with Crippen LogP contribution in [0.4, 0.5) is 23.7 Å². The molecule has 140 valence electrons. The standard InChI is InChI=1S/C19H22F3N3O/c1-25(14-15-6-3-2-4-7-15)13-5-12-23-18(26)24-17-10-8-16(9-11-17)19(20,21)22/h2-4,6-11H,5,12-14H2,1H3,(H2,23,24,26).